The molecule has 0 aromatic rings. The Hall–Kier alpha value is -1.31. The van der Waals surface area contributed by atoms with Gasteiger partial charge in [0, 0.05) is 26.2 Å². The number of halogens is 3. The van der Waals surface area contributed by atoms with Crippen molar-refractivity contribution < 1.29 is 27.9 Å². The van der Waals surface area contributed by atoms with Gasteiger partial charge in [-0.2, -0.15) is 13.2 Å². The SMILES string of the molecule is CC1CC(C)CN(C(=O)CN2C[C@@H](C(F)(F)F)[C@H](C(=O)O)C2)C1. The Kier molecular flexibility index (Phi) is 5.23. The number of rotatable bonds is 3. The molecule has 0 bridgehead atoms. The first-order valence-corrected chi connectivity index (χ1v) is 7.87. The maximum absolute atomic E-state index is 13.0. The van der Waals surface area contributed by atoms with Crippen LogP contribution in [0.5, 0.6) is 0 Å². The first kappa shape index (κ1) is 18.0. The van der Waals surface area contributed by atoms with E-state index < -0.39 is 30.5 Å². The third-order valence-corrected chi connectivity index (χ3v) is 4.71. The summed E-state index contributed by atoms with van der Waals surface area (Å²) in [6.07, 6.45) is -3.53. The molecule has 2 rings (SSSR count). The average molecular weight is 336 g/mol. The zero-order valence-corrected chi connectivity index (χ0v) is 13.3. The summed E-state index contributed by atoms with van der Waals surface area (Å²) in [4.78, 5) is 26.4. The number of hydrogen-bond acceptors (Lipinski definition) is 3. The maximum Gasteiger partial charge on any atom is 0.393 e. The summed E-state index contributed by atoms with van der Waals surface area (Å²) in [5.41, 5.74) is 0. The van der Waals surface area contributed by atoms with Crippen molar-refractivity contribution in [2.75, 3.05) is 32.7 Å². The van der Waals surface area contributed by atoms with E-state index in [9.17, 15) is 22.8 Å². The number of carboxylic acids is 1. The van der Waals surface area contributed by atoms with Crippen molar-refractivity contribution in [2.45, 2.75) is 26.4 Å². The molecule has 8 heteroatoms. The number of piperidine rings is 1. The highest BCUT2D eigenvalue weighted by molar-refractivity contribution is 5.79. The number of hydrogen-bond donors (Lipinski definition) is 1. The summed E-state index contributed by atoms with van der Waals surface area (Å²) in [5.74, 6) is -4.33. The number of likely N-dealkylation sites (tertiary alicyclic amines) is 2. The Morgan fingerprint density at radius 2 is 1.65 bits per heavy atom. The van der Waals surface area contributed by atoms with Gasteiger partial charge in [-0.1, -0.05) is 13.8 Å². The van der Waals surface area contributed by atoms with E-state index in [2.05, 4.69) is 0 Å². The Labute approximate surface area is 133 Å². The van der Waals surface area contributed by atoms with Crippen LogP contribution in [-0.2, 0) is 9.59 Å². The number of alkyl halides is 3. The van der Waals surface area contributed by atoms with E-state index in [1.165, 1.54) is 4.90 Å². The standard InChI is InChI=1S/C15H23F3N2O3/c1-9-3-10(2)5-20(4-9)13(21)8-19-6-11(14(22)23)12(7-19)15(16,17)18/h9-12H,3-8H2,1-2H3,(H,22,23)/t9?,10?,11-,12-/m1/s1. The van der Waals surface area contributed by atoms with Gasteiger partial charge in [0.2, 0.25) is 5.91 Å². The third-order valence-electron chi connectivity index (χ3n) is 4.71. The van der Waals surface area contributed by atoms with Gasteiger partial charge >= 0.3 is 12.1 Å². The van der Waals surface area contributed by atoms with E-state index in [4.69, 9.17) is 5.11 Å². The van der Waals surface area contributed by atoms with Crippen LogP contribution in [0.15, 0.2) is 0 Å². The molecule has 1 N–H and O–H groups in total. The summed E-state index contributed by atoms with van der Waals surface area (Å²) in [6, 6.07) is 0. The van der Waals surface area contributed by atoms with E-state index in [-0.39, 0.29) is 19.0 Å². The summed E-state index contributed by atoms with van der Waals surface area (Å²) < 4.78 is 38.9. The van der Waals surface area contributed by atoms with E-state index in [1.807, 2.05) is 13.8 Å². The molecule has 0 radical (unpaired) electrons. The molecule has 4 atom stereocenters. The van der Waals surface area contributed by atoms with Gasteiger partial charge in [0.15, 0.2) is 0 Å². The van der Waals surface area contributed by atoms with Crippen LogP contribution in [-0.4, -0.2) is 65.7 Å². The van der Waals surface area contributed by atoms with E-state index in [0.717, 1.165) is 6.42 Å². The fourth-order valence-electron chi connectivity index (χ4n) is 3.75. The first-order chi connectivity index (χ1) is 10.6. The van der Waals surface area contributed by atoms with Crippen LogP contribution >= 0.6 is 0 Å². The van der Waals surface area contributed by atoms with Crippen molar-refractivity contribution in [3.05, 3.63) is 0 Å². The molecule has 2 heterocycles. The first-order valence-electron chi connectivity index (χ1n) is 7.87. The number of nitrogens with zero attached hydrogens (tertiary/aromatic N) is 2. The molecule has 2 aliphatic rings. The highest BCUT2D eigenvalue weighted by Crippen LogP contribution is 2.37. The van der Waals surface area contributed by atoms with Crippen LogP contribution in [0.3, 0.4) is 0 Å². The van der Waals surface area contributed by atoms with E-state index >= 15 is 0 Å². The van der Waals surface area contributed by atoms with Gasteiger partial charge < -0.3 is 10.0 Å². The van der Waals surface area contributed by atoms with Crippen LogP contribution in [0.25, 0.3) is 0 Å². The Morgan fingerprint density at radius 1 is 1.09 bits per heavy atom. The monoisotopic (exact) mass is 336 g/mol. The van der Waals surface area contributed by atoms with E-state index in [0.29, 0.717) is 24.9 Å². The van der Waals surface area contributed by atoms with Crippen molar-refractivity contribution in [1.82, 2.24) is 9.80 Å². The summed E-state index contributed by atoms with van der Waals surface area (Å²) in [7, 11) is 0. The lowest BCUT2D eigenvalue weighted by Gasteiger charge is -2.35. The maximum atomic E-state index is 13.0. The molecule has 0 aliphatic carbocycles. The molecule has 132 valence electrons. The topological polar surface area (TPSA) is 60.9 Å². The number of aliphatic carboxylic acids is 1. The lowest BCUT2D eigenvalue weighted by atomic mass is 9.92. The second kappa shape index (κ2) is 6.67. The van der Waals surface area contributed by atoms with Crippen LogP contribution in [0.1, 0.15) is 20.3 Å². The zero-order valence-electron chi connectivity index (χ0n) is 13.3. The van der Waals surface area contributed by atoms with Crippen molar-refractivity contribution in [1.29, 1.82) is 0 Å². The molecule has 5 nitrogen and oxygen atoms in total. The second-order valence-corrected chi connectivity index (χ2v) is 7.03. The fraction of sp³-hybridized carbons (Fsp3) is 0.867. The highest BCUT2D eigenvalue weighted by atomic mass is 19.4. The number of carboxylic acid groups (broad SMARTS) is 1. The summed E-state index contributed by atoms with van der Waals surface area (Å²) in [5, 5.41) is 9.00. The highest BCUT2D eigenvalue weighted by Gasteiger charge is 2.52. The molecular formula is C15H23F3N2O3. The Balaban J connectivity index is 1.98. The van der Waals surface area contributed by atoms with Crippen molar-refractivity contribution in [3.63, 3.8) is 0 Å². The van der Waals surface area contributed by atoms with Gasteiger partial charge in [-0.3, -0.25) is 14.5 Å². The third kappa shape index (κ3) is 4.37. The molecule has 0 aromatic carbocycles. The lowest BCUT2D eigenvalue weighted by Crippen LogP contribution is -2.46. The average Bonchev–Trinajstić information content (AvgIpc) is 2.81. The smallest absolute Gasteiger partial charge is 0.393 e. The quantitative estimate of drug-likeness (QED) is 0.852. The van der Waals surface area contributed by atoms with Crippen molar-refractivity contribution >= 4 is 11.9 Å². The van der Waals surface area contributed by atoms with Gasteiger partial charge in [-0.05, 0) is 18.3 Å². The lowest BCUT2D eigenvalue weighted by molar-refractivity contribution is -0.188. The number of carbonyl (C=O) groups excluding carboxylic acids is 1. The Bertz CT molecular complexity index is 459. The van der Waals surface area contributed by atoms with E-state index in [1.54, 1.807) is 4.90 Å². The van der Waals surface area contributed by atoms with Crippen LogP contribution in [0.4, 0.5) is 13.2 Å². The largest absolute Gasteiger partial charge is 0.481 e. The van der Waals surface area contributed by atoms with Gasteiger partial charge in [0.1, 0.15) is 0 Å². The minimum atomic E-state index is -4.56. The fourth-order valence-corrected chi connectivity index (χ4v) is 3.75. The molecule has 0 spiro atoms. The molecule has 2 saturated heterocycles. The molecule has 0 aromatic heterocycles. The molecular weight excluding hydrogens is 313 g/mol. The summed E-state index contributed by atoms with van der Waals surface area (Å²) in [6.45, 7) is 4.52. The molecule has 2 aliphatic heterocycles. The number of amides is 1. The predicted octanol–water partition coefficient (Wildman–Crippen LogP) is 1.69. The van der Waals surface area contributed by atoms with Gasteiger partial charge in [-0.15, -0.1) is 0 Å². The van der Waals surface area contributed by atoms with Gasteiger partial charge in [-0.25, -0.2) is 0 Å². The van der Waals surface area contributed by atoms with Crippen LogP contribution < -0.4 is 0 Å². The normalized spacial score (nSPS) is 33.0. The minimum absolute atomic E-state index is 0.143. The van der Waals surface area contributed by atoms with Crippen molar-refractivity contribution in [2.24, 2.45) is 23.7 Å². The van der Waals surface area contributed by atoms with Crippen molar-refractivity contribution in [3.8, 4) is 0 Å². The predicted molar refractivity (Wildman–Crippen MR) is 76.6 cm³/mol. The Morgan fingerprint density at radius 3 is 2.09 bits per heavy atom. The molecule has 2 unspecified atom stereocenters. The molecule has 1 amide bonds. The molecule has 23 heavy (non-hydrogen) atoms. The molecule has 0 saturated carbocycles. The number of carbonyl (C=O) groups is 2. The zero-order chi connectivity index (χ0) is 17.4. The second-order valence-electron chi connectivity index (χ2n) is 7.03. The van der Waals surface area contributed by atoms with Crippen LogP contribution in [0, 0.1) is 23.7 Å². The van der Waals surface area contributed by atoms with Gasteiger partial charge in [0.05, 0.1) is 18.4 Å². The van der Waals surface area contributed by atoms with Crippen LogP contribution in [0.2, 0.25) is 0 Å². The molecule has 2 fully saturated rings. The minimum Gasteiger partial charge on any atom is -0.481 e. The van der Waals surface area contributed by atoms with Gasteiger partial charge in [0.25, 0.3) is 0 Å². The summed E-state index contributed by atoms with van der Waals surface area (Å²) >= 11 is 0.